The fourth-order valence-electron chi connectivity index (χ4n) is 0.746. The van der Waals surface area contributed by atoms with E-state index in [-0.39, 0.29) is 17.9 Å². The maximum absolute atomic E-state index is 10.9. The SMILES string of the molecule is COC(=O)C(C)CNC(C)CN. The van der Waals surface area contributed by atoms with Gasteiger partial charge < -0.3 is 15.8 Å². The summed E-state index contributed by atoms with van der Waals surface area (Å²) in [6.45, 7) is 4.99. The molecule has 4 heteroatoms. The molecule has 0 aromatic heterocycles. The molecule has 0 aliphatic carbocycles. The highest BCUT2D eigenvalue weighted by Crippen LogP contribution is 1.95. The third-order valence-corrected chi connectivity index (χ3v) is 1.73. The molecule has 72 valence electrons. The quantitative estimate of drug-likeness (QED) is 0.563. The molecule has 0 aliphatic heterocycles. The second-order valence-electron chi connectivity index (χ2n) is 2.97. The van der Waals surface area contributed by atoms with Gasteiger partial charge in [0.2, 0.25) is 0 Å². The minimum atomic E-state index is -0.188. The molecule has 0 aliphatic rings. The van der Waals surface area contributed by atoms with Crippen molar-refractivity contribution in [2.75, 3.05) is 20.2 Å². The number of hydrogen-bond acceptors (Lipinski definition) is 4. The number of methoxy groups -OCH3 is 1. The summed E-state index contributed by atoms with van der Waals surface area (Å²) in [5.41, 5.74) is 5.39. The van der Waals surface area contributed by atoms with Gasteiger partial charge in [0.25, 0.3) is 0 Å². The van der Waals surface area contributed by atoms with E-state index in [0.29, 0.717) is 13.1 Å². The first-order chi connectivity index (χ1) is 5.61. The van der Waals surface area contributed by atoms with Crippen molar-refractivity contribution in [1.82, 2.24) is 5.32 Å². The van der Waals surface area contributed by atoms with Crippen molar-refractivity contribution in [1.29, 1.82) is 0 Å². The van der Waals surface area contributed by atoms with Crippen molar-refractivity contribution in [3.05, 3.63) is 0 Å². The molecule has 0 aromatic carbocycles. The van der Waals surface area contributed by atoms with Gasteiger partial charge in [-0.25, -0.2) is 0 Å². The Bertz CT molecular complexity index is 139. The van der Waals surface area contributed by atoms with Gasteiger partial charge in [-0.2, -0.15) is 0 Å². The van der Waals surface area contributed by atoms with Crippen LogP contribution in [0.25, 0.3) is 0 Å². The van der Waals surface area contributed by atoms with E-state index in [1.807, 2.05) is 13.8 Å². The monoisotopic (exact) mass is 174 g/mol. The zero-order valence-corrected chi connectivity index (χ0v) is 7.96. The average molecular weight is 174 g/mol. The molecule has 2 atom stereocenters. The summed E-state index contributed by atoms with van der Waals surface area (Å²) in [6.07, 6.45) is 0. The fourth-order valence-corrected chi connectivity index (χ4v) is 0.746. The van der Waals surface area contributed by atoms with Crippen molar-refractivity contribution >= 4 is 5.97 Å². The Balaban J connectivity index is 3.56. The number of rotatable bonds is 5. The highest BCUT2D eigenvalue weighted by Gasteiger charge is 2.12. The smallest absolute Gasteiger partial charge is 0.309 e. The Hall–Kier alpha value is -0.610. The maximum Gasteiger partial charge on any atom is 0.309 e. The number of hydrogen-bond donors (Lipinski definition) is 2. The van der Waals surface area contributed by atoms with Crippen molar-refractivity contribution in [2.45, 2.75) is 19.9 Å². The third kappa shape index (κ3) is 4.31. The molecule has 0 saturated carbocycles. The van der Waals surface area contributed by atoms with Crippen molar-refractivity contribution in [3.63, 3.8) is 0 Å². The summed E-state index contributed by atoms with van der Waals surface area (Å²) >= 11 is 0. The van der Waals surface area contributed by atoms with Crippen molar-refractivity contribution in [3.8, 4) is 0 Å². The van der Waals surface area contributed by atoms with Gasteiger partial charge in [0, 0.05) is 19.1 Å². The van der Waals surface area contributed by atoms with E-state index in [1.165, 1.54) is 7.11 Å². The number of nitrogens with one attached hydrogen (secondary N) is 1. The van der Waals surface area contributed by atoms with Gasteiger partial charge in [0.05, 0.1) is 13.0 Å². The van der Waals surface area contributed by atoms with Gasteiger partial charge in [0.15, 0.2) is 0 Å². The number of carbonyl (C=O) groups excluding carboxylic acids is 1. The summed E-state index contributed by atoms with van der Waals surface area (Å²) in [6, 6.07) is 0.247. The van der Waals surface area contributed by atoms with Crippen LogP contribution in [0.3, 0.4) is 0 Å². The molecular formula is C8H18N2O2. The van der Waals surface area contributed by atoms with E-state index in [4.69, 9.17) is 5.73 Å². The zero-order chi connectivity index (χ0) is 9.56. The third-order valence-electron chi connectivity index (χ3n) is 1.73. The Kier molecular flexibility index (Phi) is 5.66. The van der Waals surface area contributed by atoms with Gasteiger partial charge in [-0.1, -0.05) is 6.92 Å². The van der Waals surface area contributed by atoms with Crippen LogP contribution in [0.15, 0.2) is 0 Å². The van der Waals surface area contributed by atoms with Crippen LogP contribution in [0, 0.1) is 5.92 Å². The fraction of sp³-hybridized carbons (Fsp3) is 0.875. The van der Waals surface area contributed by atoms with E-state index in [9.17, 15) is 4.79 Å². The molecule has 0 saturated heterocycles. The number of nitrogens with two attached hydrogens (primary N) is 1. The number of ether oxygens (including phenoxy) is 1. The van der Waals surface area contributed by atoms with E-state index >= 15 is 0 Å². The Morgan fingerprint density at radius 3 is 2.58 bits per heavy atom. The van der Waals surface area contributed by atoms with Gasteiger partial charge >= 0.3 is 5.97 Å². The Morgan fingerprint density at radius 2 is 2.17 bits per heavy atom. The molecule has 0 fully saturated rings. The van der Waals surface area contributed by atoms with Crippen LogP contribution in [0.4, 0.5) is 0 Å². The van der Waals surface area contributed by atoms with Crippen LogP contribution >= 0.6 is 0 Å². The normalized spacial score (nSPS) is 15.3. The van der Waals surface area contributed by atoms with Crippen LogP contribution < -0.4 is 11.1 Å². The topological polar surface area (TPSA) is 64.3 Å². The molecular weight excluding hydrogens is 156 g/mol. The summed E-state index contributed by atoms with van der Waals surface area (Å²) < 4.78 is 4.57. The minimum absolute atomic E-state index is 0.107. The number of carbonyl (C=O) groups is 1. The van der Waals surface area contributed by atoms with Crippen LogP contribution in [0.1, 0.15) is 13.8 Å². The summed E-state index contributed by atoms with van der Waals surface area (Å²) in [7, 11) is 1.39. The van der Waals surface area contributed by atoms with E-state index in [2.05, 4.69) is 10.1 Å². The van der Waals surface area contributed by atoms with Gasteiger partial charge in [-0.15, -0.1) is 0 Å². The number of esters is 1. The summed E-state index contributed by atoms with van der Waals surface area (Å²) in [5.74, 6) is -0.296. The zero-order valence-electron chi connectivity index (χ0n) is 7.96. The van der Waals surface area contributed by atoms with Crippen LogP contribution in [-0.4, -0.2) is 32.2 Å². The molecule has 0 spiro atoms. The molecule has 0 radical (unpaired) electrons. The molecule has 0 heterocycles. The van der Waals surface area contributed by atoms with Crippen molar-refractivity contribution < 1.29 is 9.53 Å². The van der Waals surface area contributed by atoms with Crippen LogP contribution in [0.5, 0.6) is 0 Å². The predicted molar refractivity (Wildman–Crippen MR) is 47.7 cm³/mol. The molecule has 2 unspecified atom stereocenters. The highest BCUT2D eigenvalue weighted by atomic mass is 16.5. The standard InChI is InChI=1S/C8H18N2O2/c1-6(8(11)12-3)5-10-7(2)4-9/h6-7,10H,4-5,9H2,1-3H3. The highest BCUT2D eigenvalue weighted by molar-refractivity contribution is 5.72. The second kappa shape index (κ2) is 5.97. The van der Waals surface area contributed by atoms with Gasteiger partial charge in [0.1, 0.15) is 0 Å². The van der Waals surface area contributed by atoms with Gasteiger partial charge in [-0.05, 0) is 6.92 Å². The van der Waals surface area contributed by atoms with Gasteiger partial charge in [-0.3, -0.25) is 4.79 Å². The first-order valence-corrected chi connectivity index (χ1v) is 4.13. The van der Waals surface area contributed by atoms with Crippen molar-refractivity contribution in [2.24, 2.45) is 11.7 Å². The van der Waals surface area contributed by atoms with E-state index in [1.54, 1.807) is 0 Å². The van der Waals surface area contributed by atoms with Crippen LogP contribution in [0.2, 0.25) is 0 Å². The summed E-state index contributed by atoms with van der Waals surface area (Å²) in [4.78, 5) is 10.9. The molecule has 12 heavy (non-hydrogen) atoms. The largest absolute Gasteiger partial charge is 0.469 e. The van der Waals surface area contributed by atoms with Crippen LogP contribution in [-0.2, 0) is 9.53 Å². The molecule has 3 N–H and O–H groups in total. The molecule has 0 amide bonds. The summed E-state index contributed by atoms with van der Waals surface area (Å²) in [5, 5.41) is 3.12. The first-order valence-electron chi connectivity index (χ1n) is 4.13. The molecule has 0 aromatic rings. The minimum Gasteiger partial charge on any atom is -0.469 e. The lowest BCUT2D eigenvalue weighted by Crippen LogP contribution is -2.37. The average Bonchev–Trinajstić information content (AvgIpc) is 2.11. The lowest BCUT2D eigenvalue weighted by molar-refractivity contribution is -0.144. The Labute approximate surface area is 73.5 Å². The second-order valence-corrected chi connectivity index (χ2v) is 2.97. The molecule has 0 bridgehead atoms. The van der Waals surface area contributed by atoms with E-state index in [0.717, 1.165) is 0 Å². The molecule has 0 rings (SSSR count). The lowest BCUT2D eigenvalue weighted by atomic mass is 10.2. The molecule has 4 nitrogen and oxygen atoms in total. The first kappa shape index (κ1) is 11.4. The Morgan fingerprint density at radius 1 is 1.58 bits per heavy atom. The maximum atomic E-state index is 10.9. The lowest BCUT2D eigenvalue weighted by Gasteiger charge is -2.14. The predicted octanol–water partition coefficient (Wildman–Crippen LogP) is -0.268. The van der Waals surface area contributed by atoms with E-state index < -0.39 is 0 Å².